The van der Waals surface area contributed by atoms with E-state index in [0.29, 0.717) is 22.3 Å². The fraction of sp³-hybridized carbons (Fsp3) is 0.0667. The number of phenols is 8. The highest BCUT2D eigenvalue weighted by Gasteiger charge is 2.21. The molecule has 0 saturated carbocycles. The zero-order valence-corrected chi connectivity index (χ0v) is 33.0. The Morgan fingerprint density at radius 2 is 0.661 bits per heavy atom. The van der Waals surface area contributed by atoms with Crippen LogP contribution in [0.25, 0.3) is 0 Å². The van der Waals surface area contributed by atoms with Crippen LogP contribution < -0.4 is 16.0 Å². The molecule has 0 aromatic heterocycles. The van der Waals surface area contributed by atoms with Crippen LogP contribution in [0.15, 0.2) is 115 Å². The van der Waals surface area contributed by atoms with Gasteiger partial charge in [-0.2, -0.15) is 0 Å². The summed E-state index contributed by atoms with van der Waals surface area (Å²) in [5.41, 5.74) is 1.91. The summed E-state index contributed by atoms with van der Waals surface area (Å²) in [5.74, 6) is -6.83. The predicted molar refractivity (Wildman–Crippen MR) is 222 cm³/mol. The van der Waals surface area contributed by atoms with Gasteiger partial charge in [0, 0.05) is 60.1 Å². The topological polar surface area (TPSA) is 300 Å². The van der Waals surface area contributed by atoms with Crippen molar-refractivity contribution in [1.82, 2.24) is 16.0 Å². The molecular weight excluding hydrogens is 807 g/mol. The minimum atomic E-state index is -0.761. The summed E-state index contributed by atoms with van der Waals surface area (Å²) in [6.07, 6.45) is 0. The van der Waals surface area contributed by atoms with Crippen molar-refractivity contribution in [2.45, 2.75) is 0 Å². The van der Waals surface area contributed by atoms with Gasteiger partial charge in [0.25, 0.3) is 17.7 Å². The van der Waals surface area contributed by atoms with Crippen molar-refractivity contribution in [2.24, 2.45) is 0 Å². The average molecular weight is 846 g/mol. The van der Waals surface area contributed by atoms with E-state index in [1.807, 2.05) is 0 Å². The molecule has 0 radical (unpaired) electrons. The number of rotatable bonds is 9. The minimum Gasteiger partial charge on any atom is -0.504 e. The normalized spacial score (nSPS) is 10.1. The van der Waals surface area contributed by atoms with Gasteiger partial charge in [0.05, 0.1) is 11.1 Å². The number of ketones is 3. The van der Waals surface area contributed by atoms with Gasteiger partial charge in [-0.1, -0.05) is 36.4 Å². The van der Waals surface area contributed by atoms with Gasteiger partial charge in [-0.25, -0.2) is 0 Å². The van der Waals surface area contributed by atoms with Crippen molar-refractivity contribution in [1.29, 1.82) is 0 Å². The molecule has 0 unspecified atom stereocenters. The Balaban J connectivity index is 0.000000205. The molecule has 0 saturated heterocycles. The number of benzene rings is 6. The molecule has 6 rings (SSSR count). The van der Waals surface area contributed by atoms with E-state index < -0.39 is 46.1 Å². The van der Waals surface area contributed by atoms with Crippen LogP contribution in [0.2, 0.25) is 0 Å². The molecule has 0 bridgehead atoms. The molecule has 0 atom stereocenters. The number of carbonyl (C=O) groups is 6. The highest BCUT2D eigenvalue weighted by molar-refractivity contribution is 6.13. The van der Waals surface area contributed by atoms with Crippen LogP contribution in [0.3, 0.4) is 0 Å². The van der Waals surface area contributed by atoms with Gasteiger partial charge < -0.3 is 56.8 Å². The zero-order valence-electron chi connectivity index (χ0n) is 33.0. The molecule has 0 aliphatic rings. The molecule has 0 fully saturated rings. The maximum atomic E-state index is 12.3. The van der Waals surface area contributed by atoms with E-state index in [-0.39, 0.29) is 62.8 Å². The van der Waals surface area contributed by atoms with Crippen molar-refractivity contribution < 1.29 is 69.6 Å². The Labute approximate surface area is 352 Å². The van der Waals surface area contributed by atoms with E-state index in [0.717, 1.165) is 12.1 Å². The molecule has 6 aromatic rings. The molecule has 318 valence electrons. The monoisotopic (exact) mass is 845 g/mol. The molecule has 62 heavy (non-hydrogen) atoms. The van der Waals surface area contributed by atoms with Crippen LogP contribution in [0, 0.1) is 0 Å². The lowest BCUT2D eigenvalue weighted by molar-refractivity contribution is 0.0954. The van der Waals surface area contributed by atoms with E-state index in [1.54, 1.807) is 18.2 Å². The summed E-state index contributed by atoms with van der Waals surface area (Å²) in [4.78, 5) is 71.0. The molecule has 0 heterocycles. The summed E-state index contributed by atoms with van der Waals surface area (Å²) in [6, 6.07) is 26.4. The van der Waals surface area contributed by atoms with Crippen LogP contribution in [0.1, 0.15) is 78.8 Å². The Morgan fingerprint density at radius 1 is 0.323 bits per heavy atom. The van der Waals surface area contributed by atoms with E-state index in [2.05, 4.69) is 16.0 Å². The molecular formula is C45H39N3O14. The SMILES string of the molecule is CNC(=O)c1ccc(C(=O)c2ccc(O)c(O)c2)cc1.CNC(=O)c1ccc(C(=O)c2ccc(O)c(O)c2O)cc1.CNC(=O)c1cccc(C(=O)c2ccc(O)c(O)c2O)c1. The lowest BCUT2D eigenvalue weighted by atomic mass is 10.00. The average Bonchev–Trinajstić information content (AvgIpc) is 3.30. The van der Waals surface area contributed by atoms with Gasteiger partial charge in [-0.3, -0.25) is 28.8 Å². The van der Waals surface area contributed by atoms with Crippen LogP contribution in [-0.2, 0) is 0 Å². The second-order valence-corrected chi connectivity index (χ2v) is 12.8. The third-order valence-corrected chi connectivity index (χ3v) is 8.87. The summed E-state index contributed by atoms with van der Waals surface area (Å²) in [5, 5.41) is 82.8. The zero-order chi connectivity index (χ0) is 45.8. The molecule has 17 heteroatoms. The number of phenolic OH excluding ortho intramolecular Hbond substituents is 8. The Bertz CT molecular complexity index is 2680. The highest BCUT2D eigenvalue weighted by Crippen LogP contribution is 2.39. The van der Waals surface area contributed by atoms with E-state index >= 15 is 0 Å². The molecule has 0 spiro atoms. The first-order valence-electron chi connectivity index (χ1n) is 18.0. The van der Waals surface area contributed by atoms with Gasteiger partial charge in [0.15, 0.2) is 51.8 Å². The third kappa shape index (κ3) is 10.6. The van der Waals surface area contributed by atoms with Crippen molar-refractivity contribution in [3.05, 3.63) is 165 Å². The lowest BCUT2D eigenvalue weighted by Crippen LogP contribution is -2.18. The van der Waals surface area contributed by atoms with E-state index in [1.165, 1.54) is 106 Å². The summed E-state index contributed by atoms with van der Waals surface area (Å²) in [6.45, 7) is 0. The first-order valence-corrected chi connectivity index (χ1v) is 18.0. The third-order valence-electron chi connectivity index (χ3n) is 8.87. The largest absolute Gasteiger partial charge is 0.504 e. The first kappa shape index (κ1) is 45.8. The van der Waals surface area contributed by atoms with Gasteiger partial charge in [-0.15, -0.1) is 0 Å². The summed E-state index contributed by atoms with van der Waals surface area (Å²) < 4.78 is 0. The standard InChI is InChI=1S/2C15H13NO5.C15H13NO4/c1-16-15(21)9-4-2-8(3-5-9)12(18)10-6-7-11(17)14(20)13(10)19;1-16-15(21)9-4-2-3-8(7-9)12(18)10-5-6-11(17)14(20)13(10)19;1-16-15(20)10-4-2-9(3-5-10)14(19)11-6-7-12(17)13(18)8-11/h2*2-7,17,19-20H,1H3,(H,16,21);2-8,17-18H,1H3,(H,16,20). The maximum Gasteiger partial charge on any atom is 0.251 e. The first-order chi connectivity index (χ1) is 29.4. The van der Waals surface area contributed by atoms with Crippen molar-refractivity contribution >= 4 is 35.1 Å². The fourth-order valence-electron chi connectivity index (χ4n) is 5.43. The number of amides is 3. The minimum absolute atomic E-state index is 0.141. The maximum absolute atomic E-state index is 12.3. The van der Waals surface area contributed by atoms with Crippen molar-refractivity contribution in [2.75, 3.05) is 21.1 Å². The van der Waals surface area contributed by atoms with Crippen molar-refractivity contribution in [3.63, 3.8) is 0 Å². The number of hydrogen-bond acceptors (Lipinski definition) is 14. The summed E-state index contributed by atoms with van der Waals surface area (Å²) in [7, 11) is 4.50. The van der Waals surface area contributed by atoms with Crippen LogP contribution in [0.4, 0.5) is 0 Å². The number of aromatic hydroxyl groups is 8. The van der Waals surface area contributed by atoms with Gasteiger partial charge in [0.1, 0.15) is 0 Å². The smallest absolute Gasteiger partial charge is 0.251 e. The molecule has 3 amide bonds. The lowest BCUT2D eigenvalue weighted by Gasteiger charge is -2.08. The quantitative estimate of drug-likeness (QED) is 0.0707. The van der Waals surface area contributed by atoms with Gasteiger partial charge in [-0.05, 0) is 78.9 Å². The van der Waals surface area contributed by atoms with E-state index in [4.69, 9.17) is 0 Å². The number of carbonyl (C=O) groups excluding carboxylic acids is 6. The van der Waals surface area contributed by atoms with Crippen LogP contribution in [-0.4, -0.2) is 97.1 Å². The number of hydrogen-bond donors (Lipinski definition) is 11. The van der Waals surface area contributed by atoms with E-state index in [9.17, 15) is 69.6 Å². The molecule has 6 aromatic carbocycles. The molecule has 11 N–H and O–H groups in total. The van der Waals surface area contributed by atoms with Crippen molar-refractivity contribution in [3.8, 4) is 46.0 Å². The molecule has 0 aliphatic heterocycles. The second kappa shape index (κ2) is 20.2. The van der Waals surface area contributed by atoms with Gasteiger partial charge in [0.2, 0.25) is 11.5 Å². The predicted octanol–water partition coefficient (Wildman–Crippen LogP) is 4.48. The molecule has 17 nitrogen and oxygen atoms in total. The van der Waals surface area contributed by atoms with Crippen LogP contribution >= 0.6 is 0 Å². The summed E-state index contributed by atoms with van der Waals surface area (Å²) >= 11 is 0. The fourth-order valence-corrected chi connectivity index (χ4v) is 5.43. The Kier molecular flexibility index (Phi) is 14.9. The second-order valence-electron chi connectivity index (χ2n) is 12.8. The van der Waals surface area contributed by atoms with Crippen LogP contribution in [0.5, 0.6) is 46.0 Å². The van der Waals surface area contributed by atoms with Gasteiger partial charge >= 0.3 is 0 Å². The molecule has 0 aliphatic carbocycles. The Morgan fingerprint density at radius 3 is 1.10 bits per heavy atom. The Hall–Kier alpha value is -8.86. The highest BCUT2D eigenvalue weighted by atomic mass is 16.3. The number of nitrogens with one attached hydrogen (secondary N) is 3.